The van der Waals surface area contributed by atoms with Crippen LogP contribution in [0.25, 0.3) is 0 Å². The molecule has 0 spiro atoms. The lowest BCUT2D eigenvalue weighted by molar-refractivity contribution is -0.106. The fourth-order valence-electron chi connectivity index (χ4n) is 1.33. The second-order valence-electron chi connectivity index (χ2n) is 2.98. The molecule has 1 fully saturated rings. The normalized spacial score (nSPS) is 31.2. The van der Waals surface area contributed by atoms with Crippen LogP contribution in [0.15, 0.2) is 0 Å². The standard InChI is InChI=1S/C9H18.C2H4O/c1-2-6-9-7-4-3-5-8-9;1-2-3/h9H,2-8H2,1H3;2H,1H3/i4D2,5D2;. The van der Waals surface area contributed by atoms with Crippen molar-refractivity contribution in [3.8, 4) is 0 Å². The number of hydrogen-bond acceptors (Lipinski definition) is 1. The molecule has 1 heteroatoms. The van der Waals surface area contributed by atoms with Crippen molar-refractivity contribution in [3.05, 3.63) is 0 Å². The summed E-state index contributed by atoms with van der Waals surface area (Å²) in [5.74, 6) is 0.240. The average Bonchev–Trinajstić information content (AvgIpc) is 1.98. The number of carbonyl (C=O) groups is 1. The summed E-state index contributed by atoms with van der Waals surface area (Å²) in [6, 6.07) is 0. The molecule has 1 nitrogen and oxygen atoms in total. The Bertz CT molecular complexity index is 200. The minimum absolute atomic E-state index is 0.0697. The highest BCUT2D eigenvalue weighted by Crippen LogP contribution is 2.26. The van der Waals surface area contributed by atoms with Crippen LogP contribution in [0.1, 0.15) is 64.2 Å². The second-order valence-corrected chi connectivity index (χ2v) is 2.98. The van der Waals surface area contributed by atoms with Crippen molar-refractivity contribution in [2.24, 2.45) is 5.92 Å². The van der Waals surface area contributed by atoms with Crippen molar-refractivity contribution >= 4 is 6.29 Å². The lowest BCUT2D eigenvalue weighted by atomic mass is 9.86. The molecule has 0 N–H and O–H groups in total. The van der Waals surface area contributed by atoms with Crippen LogP contribution < -0.4 is 0 Å². The van der Waals surface area contributed by atoms with E-state index in [4.69, 9.17) is 10.3 Å². The molecule has 0 aromatic carbocycles. The molecule has 0 amide bonds. The molecule has 0 aliphatic heterocycles. The van der Waals surface area contributed by atoms with Crippen LogP contribution in [-0.2, 0) is 4.79 Å². The van der Waals surface area contributed by atoms with Crippen molar-refractivity contribution < 1.29 is 10.3 Å². The predicted octanol–water partition coefficient (Wildman–Crippen LogP) is 3.57. The van der Waals surface area contributed by atoms with Crippen molar-refractivity contribution in [1.82, 2.24) is 0 Å². The quantitative estimate of drug-likeness (QED) is 0.585. The Labute approximate surface area is 82.2 Å². The minimum atomic E-state index is -1.29. The third-order valence-electron chi connectivity index (χ3n) is 1.81. The Kier molecular flexibility index (Phi) is 4.51. The Morgan fingerprint density at radius 1 is 1.50 bits per heavy atom. The number of aldehydes is 1. The fourth-order valence-corrected chi connectivity index (χ4v) is 1.33. The second kappa shape index (κ2) is 8.76. The first-order valence-electron chi connectivity index (χ1n) is 6.66. The van der Waals surface area contributed by atoms with Crippen LogP contribution in [0.2, 0.25) is 0 Å². The first-order chi connectivity index (χ1) is 7.26. The van der Waals surface area contributed by atoms with E-state index in [0.29, 0.717) is 12.8 Å². The third-order valence-corrected chi connectivity index (χ3v) is 1.81. The summed E-state index contributed by atoms with van der Waals surface area (Å²) in [4.78, 5) is 8.81. The predicted molar refractivity (Wildman–Crippen MR) is 53.2 cm³/mol. The van der Waals surface area contributed by atoms with Crippen molar-refractivity contribution in [2.75, 3.05) is 0 Å². The van der Waals surface area contributed by atoms with Gasteiger partial charge in [-0.25, -0.2) is 0 Å². The molecule has 1 saturated carbocycles. The molecule has 0 saturated heterocycles. The monoisotopic (exact) mass is 174 g/mol. The molecule has 0 bridgehead atoms. The van der Waals surface area contributed by atoms with E-state index in [1.165, 1.54) is 6.92 Å². The van der Waals surface area contributed by atoms with Crippen molar-refractivity contribution in [3.63, 3.8) is 0 Å². The summed E-state index contributed by atoms with van der Waals surface area (Å²) in [6.45, 7) is 3.51. The Hall–Kier alpha value is -0.330. The van der Waals surface area contributed by atoms with Gasteiger partial charge < -0.3 is 4.79 Å². The third kappa shape index (κ3) is 6.38. The summed E-state index contributed by atoms with van der Waals surface area (Å²) in [5, 5.41) is 0. The van der Waals surface area contributed by atoms with Gasteiger partial charge >= 0.3 is 0 Å². The van der Waals surface area contributed by atoms with Crippen LogP contribution in [0.3, 0.4) is 0 Å². The molecule has 1 aliphatic rings. The Balaban J connectivity index is 0.000000673. The van der Waals surface area contributed by atoms with E-state index in [1.807, 2.05) is 0 Å². The average molecular weight is 174 g/mol. The number of rotatable bonds is 2. The molecule has 12 heavy (non-hydrogen) atoms. The molecular formula is C11H22O. The van der Waals surface area contributed by atoms with Crippen molar-refractivity contribution in [2.45, 2.75) is 58.7 Å². The summed E-state index contributed by atoms with van der Waals surface area (Å²) in [7, 11) is 0. The van der Waals surface area contributed by atoms with Gasteiger partial charge in [-0.1, -0.05) is 51.8 Å². The molecule has 0 heterocycles. The van der Waals surface area contributed by atoms with Gasteiger partial charge in [0.2, 0.25) is 0 Å². The van der Waals surface area contributed by atoms with Crippen LogP contribution in [0, 0.1) is 5.92 Å². The van der Waals surface area contributed by atoms with Gasteiger partial charge in [0.15, 0.2) is 0 Å². The largest absolute Gasteiger partial charge is 0.304 e. The van der Waals surface area contributed by atoms with Gasteiger partial charge in [0, 0.05) is 5.48 Å². The lowest BCUT2D eigenvalue weighted by Gasteiger charge is -2.20. The fraction of sp³-hybridized carbons (Fsp3) is 0.909. The van der Waals surface area contributed by atoms with Gasteiger partial charge in [-0.3, -0.25) is 0 Å². The molecule has 1 aliphatic carbocycles. The molecule has 0 unspecified atom stereocenters. The van der Waals surface area contributed by atoms with Gasteiger partial charge in [0.1, 0.15) is 6.29 Å². The summed E-state index contributed by atoms with van der Waals surface area (Å²) in [6.07, 6.45) is 1.31. The van der Waals surface area contributed by atoms with E-state index in [0.717, 1.165) is 19.1 Å². The van der Waals surface area contributed by atoms with Gasteiger partial charge in [0.05, 0.1) is 0 Å². The van der Waals surface area contributed by atoms with Crippen LogP contribution >= 0.6 is 0 Å². The topological polar surface area (TPSA) is 17.1 Å². The molecule has 0 aromatic rings. The van der Waals surface area contributed by atoms with Crippen LogP contribution in [0.5, 0.6) is 0 Å². The SMILES string of the molecule is CC=O.[2H]C1([2H])CC(CCC)CC([2H])([2H])C1. The molecule has 0 radical (unpaired) electrons. The highest BCUT2D eigenvalue weighted by atomic mass is 16.1. The molecule has 72 valence electrons. The zero-order chi connectivity index (χ0) is 12.8. The van der Waals surface area contributed by atoms with Crippen LogP contribution in [0.4, 0.5) is 0 Å². The summed E-state index contributed by atoms with van der Waals surface area (Å²) in [5.41, 5.74) is 0. The van der Waals surface area contributed by atoms with Gasteiger partial charge in [0.25, 0.3) is 0 Å². The molecule has 0 atom stereocenters. The zero-order valence-electron chi connectivity index (χ0n) is 12.1. The molecular weight excluding hydrogens is 148 g/mol. The molecule has 0 aromatic heterocycles. The summed E-state index contributed by atoms with van der Waals surface area (Å²) < 4.78 is 30.5. The first kappa shape index (κ1) is 6.17. The lowest BCUT2D eigenvalue weighted by Crippen LogP contribution is -2.04. The Morgan fingerprint density at radius 2 is 2.00 bits per heavy atom. The van der Waals surface area contributed by atoms with Crippen molar-refractivity contribution in [1.29, 1.82) is 0 Å². The highest BCUT2D eigenvalue weighted by molar-refractivity contribution is 5.44. The van der Waals surface area contributed by atoms with E-state index in [9.17, 15) is 0 Å². The van der Waals surface area contributed by atoms with E-state index in [-0.39, 0.29) is 12.3 Å². The van der Waals surface area contributed by atoms with Gasteiger partial charge in [-0.15, -0.1) is 0 Å². The zero-order valence-corrected chi connectivity index (χ0v) is 8.10. The smallest absolute Gasteiger partial charge is 0.116 e. The summed E-state index contributed by atoms with van der Waals surface area (Å²) >= 11 is 0. The number of hydrogen-bond donors (Lipinski definition) is 0. The van der Waals surface area contributed by atoms with E-state index in [1.54, 1.807) is 0 Å². The van der Waals surface area contributed by atoms with Crippen LogP contribution in [-0.4, -0.2) is 6.29 Å². The highest BCUT2D eigenvalue weighted by Gasteiger charge is 2.10. The maximum atomic E-state index is 8.81. The van der Waals surface area contributed by atoms with E-state index < -0.39 is 12.7 Å². The Morgan fingerprint density at radius 3 is 2.42 bits per heavy atom. The maximum absolute atomic E-state index is 8.81. The van der Waals surface area contributed by atoms with E-state index >= 15 is 0 Å². The van der Waals surface area contributed by atoms with E-state index in [2.05, 4.69) is 6.92 Å². The first-order valence-corrected chi connectivity index (χ1v) is 4.66. The molecule has 1 rings (SSSR count). The van der Waals surface area contributed by atoms with Gasteiger partial charge in [-0.2, -0.15) is 0 Å². The number of carbonyl (C=O) groups excluding carboxylic acids is 1. The maximum Gasteiger partial charge on any atom is 0.116 e. The van der Waals surface area contributed by atoms with Gasteiger partial charge in [-0.05, 0) is 12.8 Å². The minimum Gasteiger partial charge on any atom is -0.304 e.